The molecule has 0 fully saturated rings. The third-order valence-corrected chi connectivity index (χ3v) is 2.88. The maximum atomic E-state index is 5.86. The van der Waals surface area contributed by atoms with E-state index in [4.69, 9.17) is 4.74 Å². The van der Waals surface area contributed by atoms with E-state index < -0.39 is 0 Å². The number of fused-ring (bicyclic) bond motifs is 1. The van der Waals surface area contributed by atoms with Crippen LogP contribution in [-0.2, 0) is 4.74 Å². The molecule has 0 aromatic heterocycles. The second kappa shape index (κ2) is 4.49. The van der Waals surface area contributed by atoms with Crippen molar-refractivity contribution >= 4 is 17.3 Å². The van der Waals surface area contributed by atoms with Crippen molar-refractivity contribution in [3.63, 3.8) is 0 Å². The molecular weight excluding hydrogens is 222 g/mol. The van der Waals surface area contributed by atoms with E-state index in [0.717, 1.165) is 22.6 Å². The van der Waals surface area contributed by atoms with E-state index in [9.17, 15) is 0 Å². The van der Waals surface area contributed by atoms with E-state index in [1.807, 2.05) is 67.6 Å². The molecule has 0 aliphatic carbocycles. The Hall–Kier alpha value is -2.35. The Bertz CT molecular complexity index is 627. The summed E-state index contributed by atoms with van der Waals surface area (Å²) in [6.45, 7) is 1.97. The van der Waals surface area contributed by atoms with Crippen LogP contribution in [0.25, 0.3) is 5.76 Å². The number of aliphatic imine (C=N–C) groups is 1. The number of benzene rings is 2. The summed E-state index contributed by atoms with van der Waals surface area (Å²) in [6, 6.07) is 18.0. The third kappa shape index (κ3) is 1.82. The van der Waals surface area contributed by atoms with Gasteiger partial charge in [-0.05, 0) is 37.3 Å². The largest absolute Gasteiger partial charge is 0.438 e. The highest BCUT2D eigenvalue weighted by Crippen LogP contribution is 2.32. The van der Waals surface area contributed by atoms with Gasteiger partial charge in [0.2, 0.25) is 5.90 Å². The fourth-order valence-electron chi connectivity index (χ4n) is 1.99. The van der Waals surface area contributed by atoms with Gasteiger partial charge in [0.15, 0.2) is 0 Å². The van der Waals surface area contributed by atoms with Crippen LogP contribution in [0, 0.1) is 0 Å². The Kier molecular flexibility index (Phi) is 2.69. The normalized spacial score (nSPS) is 15.8. The fraction of sp³-hybridized carbons (Fsp3) is 0.0625. The third-order valence-electron chi connectivity index (χ3n) is 2.88. The molecule has 0 radical (unpaired) electrons. The zero-order valence-electron chi connectivity index (χ0n) is 10.1. The van der Waals surface area contributed by atoms with E-state index in [0.29, 0.717) is 5.90 Å². The number of para-hydroxylation sites is 1. The van der Waals surface area contributed by atoms with Gasteiger partial charge in [-0.1, -0.05) is 30.3 Å². The van der Waals surface area contributed by atoms with E-state index in [1.165, 1.54) is 0 Å². The first-order valence-electron chi connectivity index (χ1n) is 5.96. The van der Waals surface area contributed by atoms with Crippen LogP contribution < -0.4 is 0 Å². The average Bonchev–Trinajstić information content (AvgIpc) is 2.47. The van der Waals surface area contributed by atoms with Crippen molar-refractivity contribution in [1.82, 2.24) is 0 Å². The second-order valence-electron chi connectivity index (χ2n) is 4.06. The molecule has 1 aliphatic heterocycles. The first-order valence-corrected chi connectivity index (χ1v) is 5.96. The molecule has 2 heteroatoms. The molecule has 18 heavy (non-hydrogen) atoms. The molecule has 0 amide bonds. The first kappa shape index (κ1) is 10.8. The number of allylic oxidation sites excluding steroid dienone is 1. The zero-order chi connectivity index (χ0) is 12.4. The smallest absolute Gasteiger partial charge is 0.227 e. The number of nitrogens with zero attached hydrogens (tertiary/aromatic N) is 1. The summed E-state index contributed by atoms with van der Waals surface area (Å²) in [7, 11) is 0. The van der Waals surface area contributed by atoms with Crippen molar-refractivity contribution in [3.8, 4) is 0 Å². The van der Waals surface area contributed by atoms with Crippen molar-refractivity contribution < 1.29 is 4.74 Å². The van der Waals surface area contributed by atoms with Crippen LogP contribution in [0.2, 0.25) is 0 Å². The highest BCUT2D eigenvalue weighted by molar-refractivity contribution is 6.02. The highest BCUT2D eigenvalue weighted by Gasteiger charge is 2.18. The maximum absolute atomic E-state index is 5.86. The lowest BCUT2D eigenvalue weighted by Gasteiger charge is -2.19. The molecule has 1 heterocycles. The molecule has 2 aromatic carbocycles. The molecule has 0 saturated carbocycles. The Labute approximate surface area is 106 Å². The minimum atomic E-state index is 0.655. The van der Waals surface area contributed by atoms with E-state index in [1.54, 1.807) is 0 Å². The monoisotopic (exact) mass is 235 g/mol. The zero-order valence-corrected chi connectivity index (χ0v) is 10.1. The van der Waals surface area contributed by atoms with Gasteiger partial charge in [0.05, 0.1) is 5.69 Å². The van der Waals surface area contributed by atoms with Crippen LogP contribution in [-0.4, -0.2) is 5.90 Å². The van der Waals surface area contributed by atoms with Gasteiger partial charge >= 0.3 is 0 Å². The summed E-state index contributed by atoms with van der Waals surface area (Å²) < 4.78 is 5.86. The van der Waals surface area contributed by atoms with Crippen molar-refractivity contribution in [2.75, 3.05) is 0 Å². The van der Waals surface area contributed by atoms with Gasteiger partial charge in [-0.15, -0.1) is 0 Å². The van der Waals surface area contributed by atoms with Crippen molar-refractivity contribution in [2.45, 2.75) is 6.92 Å². The Morgan fingerprint density at radius 3 is 2.44 bits per heavy atom. The molecule has 1 aliphatic rings. The summed E-state index contributed by atoms with van der Waals surface area (Å²) in [4.78, 5) is 4.57. The summed E-state index contributed by atoms with van der Waals surface area (Å²) in [5.74, 6) is 1.52. The Balaban J connectivity index is 2.13. The van der Waals surface area contributed by atoms with Crippen LogP contribution in [0.5, 0.6) is 0 Å². The molecule has 3 rings (SSSR count). The molecule has 0 bridgehead atoms. The molecular formula is C16H13NO. The summed E-state index contributed by atoms with van der Waals surface area (Å²) in [5.41, 5.74) is 2.99. The Morgan fingerprint density at radius 2 is 1.67 bits per heavy atom. The summed E-state index contributed by atoms with van der Waals surface area (Å²) in [6.07, 6.45) is 1.97. The van der Waals surface area contributed by atoms with Crippen LogP contribution in [0.4, 0.5) is 5.69 Å². The maximum Gasteiger partial charge on any atom is 0.227 e. The lowest BCUT2D eigenvalue weighted by molar-refractivity contribution is 0.503. The van der Waals surface area contributed by atoms with Crippen LogP contribution in [0.15, 0.2) is 65.7 Å². The molecule has 2 aromatic rings. The van der Waals surface area contributed by atoms with E-state index >= 15 is 0 Å². The lowest BCUT2D eigenvalue weighted by Crippen LogP contribution is -2.10. The molecule has 88 valence electrons. The van der Waals surface area contributed by atoms with E-state index in [-0.39, 0.29) is 0 Å². The second-order valence-corrected chi connectivity index (χ2v) is 4.06. The van der Waals surface area contributed by atoms with Gasteiger partial charge in [0.25, 0.3) is 0 Å². The average molecular weight is 235 g/mol. The SMILES string of the molecule is C/C=C1\OC(c2ccccc2)=Nc2ccccc21. The van der Waals surface area contributed by atoms with Crippen molar-refractivity contribution in [2.24, 2.45) is 4.99 Å². The number of hydrogen-bond acceptors (Lipinski definition) is 2. The number of rotatable bonds is 1. The molecule has 0 unspecified atom stereocenters. The van der Waals surface area contributed by atoms with Gasteiger partial charge in [0, 0.05) is 11.1 Å². The van der Waals surface area contributed by atoms with Crippen LogP contribution >= 0.6 is 0 Å². The predicted molar refractivity (Wildman–Crippen MR) is 73.8 cm³/mol. The molecule has 0 saturated heterocycles. The number of hydrogen-bond donors (Lipinski definition) is 0. The minimum Gasteiger partial charge on any atom is -0.438 e. The fourth-order valence-corrected chi connectivity index (χ4v) is 1.99. The Morgan fingerprint density at radius 1 is 0.944 bits per heavy atom. The lowest BCUT2D eigenvalue weighted by atomic mass is 10.1. The first-order chi connectivity index (χ1) is 8.88. The summed E-state index contributed by atoms with van der Waals surface area (Å²) in [5, 5.41) is 0. The van der Waals surface area contributed by atoms with Gasteiger partial charge in [-0.3, -0.25) is 0 Å². The quantitative estimate of drug-likeness (QED) is 0.727. The molecule has 0 spiro atoms. The van der Waals surface area contributed by atoms with Gasteiger partial charge in [-0.2, -0.15) is 0 Å². The van der Waals surface area contributed by atoms with Crippen molar-refractivity contribution in [3.05, 3.63) is 71.8 Å². The van der Waals surface area contributed by atoms with Gasteiger partial charge in [-0.25, -0.2) is 4.99 Å². The van der Waals surface area contributed by atoms with Crippen LogP contribution in [0.3, 0.4) is 0 Å². The summed E-state index contributed by atoms with van der Waals surface area (Å²) >= 11 is 0. The number of ether oxygens (including phenoxy) is 1. The predicted octanol–water partition coefficient (Wildman–Crippen LogP) is 4.16. The van der Waals surface area contributed by atoms with Crippen LogP contribution in [0.1, 0.15) is 18.1 Å². The minimum absolute atomic E-state index is 0.655. The topological polar surface area (TPSA) is 21.6 Å². The molecule has 2 nitrogen and oxygen atoms in total. The van der Waals surface area contributed by atoms with Gasteiger partial charge in [0.1, 0.15) is 5.76 Å². The highest BCUT2D eigenvalue weighted by atomic mass is 16.5. The molecule has 0 atom stereocenters. The van der Waals surface area contributed by atoms with Crippen molar-refractivity contribution in [1.29, 1.82) is 0 Å². The molecule has 0 N–H and O–H groups in total. The standard InChI is InChI=1S/C16H13NO/c1-2-15-13-10-6-7-11-14(13)17-16(18-15)12-8-4-3-5-9-12/h2-11H,1H3/b15-2-. The van der Waals surface area contributed by atoms with E-state index in [2.05, 4.69) is 4.99 Å². The van der Waals surface area contributed by atoms with Gasteiger partial charge < -0.3 is 4.74 Å².